The summed E-state index contributed by atoms with van der Waals surface area (Å²) in [4.78, 5) is 45.1. The van der Waals surface area contributed by atoms with Crippen LogP contribution in [0.5, 0.6) is 5.75 Å². The van der Waals surface area contributed by atoms with Crippen LogP contribution in [0.25, 0.3) is 18.2 Å². The molecule has 2 atom stereocenters. The zero-order chi connectivity index (χ0) is 44.9. The van der Waals surface area contributed by atoms with Gasteiger partial charge in [-0.05, 0) is 94.7 Å². The highest BCUT2D eigenvalue weighted by Crippen LogP contribution is 2.24. The average Bonchev–Trinajstić information content (AvgIpc) is 3.27. The number of hydrogen-bond donors (Lipinski definition) is 0. The first-order valence-electron chi connectivity index (χ1n) is 20.2. The lowest BCUT2D eigenvalue weighted by Crippen LogP contribution is -2.27. The van der Waals surface area contributed by atoms with E-state index in [1.165, 1.54) is 42.0 Å². The van der Waals surface area contributed by atoms with Crippen molar-refractivity contribution in [3.05, 3.63) is 226 Å². The summed E-state index contributed by atoms with van der Waals surface area (Å²) in [6.45, 7) is 12.1. The van der Waals surface area contributed by atoms with Crippen LogP contribution in [0.2, 0.25) is 0 Å². The fourth-order valence-electron chi connectivity index (χ4n) is 5.62. The van der Waals surface area contributed by atoms with Crippen molar-refractivity contribution < 1.29 is 33.4 Å². The molecule has 0 saturated carbocycles. The Bertz CT molecular complexity index is 2430. The van der Waals surface area contributed by atoms with Crippen molar-refractivity contribution in [2.75, 3.05) is 7.11 Å². The lowest BCUT2D eigenvalue weighted by molar-refractivity contribution is -0.143. The number of ketones is 1. The van der Waals surface area contributed by atoms with E-state index in [1.807, 2.05) is 175 Å². The molecule has 0 fully saturated rings. The first-order chi connectivity index (χ1) is 29.8. The zero-order valence-electron chi connectivity index (χ0n) is 36.4. The summed E-state index contributed by atoms with van der Waals surface area (Å²) in [5.74, 6) is -0.105. The van der Waals surface area contributed by atoms with Crippen LogP contribution in [0.4, 0.5) is 0 Å². The van der Waals surface area contributed by atoms with Crippen molar-refractivity contribution in [1.29, 1.82) is 0 Å². The van der Waals surface area contributed by atoms with Crippen molar-refractivity contribution in [2.24, 2.45) is 5.92 Å². The number of carbonyl (C=O) groups is 4. The Morgan fingerprint density at radius 3 is 1.39 bits per heavy atom. The summed E-state index contributed by atoms with van der Waals surface area (Å²) in [5, 5.41) is 0. The van der Waals surface area contributed by atoms with E-state index in [1.54, 1.807) is 30.4 Å². The first kappa shape index (κ1) is 47.3. The minimum absolute atomic E-state index is 0.0376. The molecular formula is C55H54O7. The van der Waals surface area contributed by atoms with E-state index < -0.39 is 0 Å². The lowest BCUT2D eigenvalue weighted by Gasteiger charge is -2.25. The van der Waals surface area contributed by atoms with Gasteiger partial charge >= 0.3 is 17.9 Å². The van der Waals surface area contributed by atoms with Gasteiger partial charge in [-0.25, -0.2) is 14.4 Å². The second-order valence-corrected chi connectivity index (χ2v) is 14.8. The highest BCUT2D eigenvalue weighted by molar-refractivity contribution is 6.06. The number of carbonyl (C=O) groups excluding carboxylic acids is 4. The Hall–Kier alpha value is -7.38. The largest absolute Gasteiger partial charge is 0.466 e. The van der Waals surface area contributed by atoms with Crippen LogP contribution in [0.1, 0.15) is 61.8 Å². The minimum Gasteiger partial charge on any atom is -0.466 e. The number of esters is 3. The molecule has 2 aliphatic rings. The third kappa shape index (κ3) is 17.5. The minimum atomic E-state index is -0.371. The summed E-state index contributed by atoms with van der Waals surface area (Å²) >= 11 is 0. The van der Waals surface area contributed by atoms with E-state index in [0.717, 1.165) is 39.0 Å². The second-order valence-electron chi connectivity index (χ2n) is 14.8. The second kappa shape index (κ2) is 24.6. The molecule has 7 heteroatoms. The van der Waals surface area contributed by atoms with Gasteiger partial charge in [-0.3, -0.25) is 4.79 Å². The summed E-state index contributed by atoms with van der Waals surface area (Å²) < 4.78 is 14.8. The number of benzene rings is 5. The molecule has 5 aromatic rings. The van der Waals surface area contributed by atoms with Crippen LogP contribution in [-0.2, 0) is 23.9 Å². The van der Waals surface area contributed by atoms with Crippen LogP contribution >= 0.6 is 0 Å². The molecule has 1 heterocycles. The monoisotopic (exact) mass is 826 g/mol. The van der Waals surface area contributed by atoms with E-state index in [2.05, 4.69) is 10.8 Å². The number of hydrogen-bond acceptors (Lipinski definition) is 7. The molecule has 316 valence electrons. The van der Waals surface area contributed by atoms with Crippen LogP contribution in [0.15, 0.2) is 176 Å². The van der Waals surface area contributed by atoms with Crippen molar-refractivity contribution >= 4 is 41.9 Å². The number of rotatable bonds is 8. The third-order valence-corrected chi connectivity index (χ3v) is 9.35. The predicted molar refractivity (Wildman–Crippen MR) is 250 cm³/mol. The van der Waals surface area contributed by atoms with Gasteiger partial charge in [-0.1, -0.05) is 167 Å². The van der Waals surface area contributed by atoms with E-state index in [4.69, 9.17) is 9.47 Å². The van der Waals surface area contributed by atoms with E-state index in [9.17, 15) is 19.2 Å². The fraction of sp³-hybridized carbons (Fsp3) is 0.164. The number of fused-ring (bicyclic) bond motifs is 1. The Morgan fingerprint density at radius 1 is 0.516 bits per heavy atom. The SMILES string of the molecule is CC1=CC2OC(=O)C=CC2C=C1.COC(=O)/C=C/c1ccc(C)cc1.Cc1ccc(/C=C/C(=O)Oc2ccc(C)cc2)cc1.Cc1ccc(/C=C/C(=O)c2ccc(C)cc2)cc1. The Labute approximate surface area is 366 Å². The normalized spacial score (nSPS) is 14.8. The highest BCUT2D eigenvalue weighted by atomic mass is 16.5. The summed E-state index contributed by atoms with van der Waals surface area (Å²) in [6.07, 6.45) is 19.2. The Morgan fingerprint density at radius 2 is 0.919 bits per heavy atom. The van der Waals surface area contributed by atoms with Crippen LogP contribution < -0.4 is 4.74 Å². The molecule has 5 aromatic carbocycles. The Kier molecular flexibility index (Phi) is 18.8. The van der Waals surface area contributed by atoms with Gasteiger partial charge in [0.1, 0.15) is 11.9 Å². The number of ether oxygens (including phenoxy) is 3. The number of allylic oxidation sites excluding steroid dienone is 3. The molecule has 7 nitrogen and oxygen atoms in total. The van der Waals surface area contributed by atoms with Crippen molar-refractivity contribution in [2.45, 2.75) is 47.6 Å². The van der Waals surface area contributed by atoms with Crippen LogP contribution in [0, 0.1) is 40.5 Å². The highest BCUT2D eigenvalue weighted by Gasteiger charge is 2.24. The fourth-order valence-corrected chi connectivity index (χ4v) is 5.62. The zero-order valence-corrected chi connectivity index (χ0v) is 36.4. The molecule has 0 radical (unpaired) electrons. The molecule has 0 aromatic heterocycles. The Balaban J connectivity index is 0.000000185. The predicted octanol–water partition coefficient (Wildman–Crippen LogP) is 11.9. The van der Waals surface area contributed by atoms with Gasteiger partial charge in [0, 0.05) is 29.7 Å². The molecule has 0 bridgehead atoms. The molecule has 2 unspecified atom stereocenters. The van der Waals surface area contributed by atoms with E-state index in [0.29, 0.717) is 5.75 Å². The van der Waals surface area contributed by atoms with Crippen molar-refractivity contribution in [3.63, 3.8) is 0 Å². The molecule has 0 saturated heterocycles. The van der Waals surface area contributed by atoms with Gasteiger partial charge in [-0.15, -0.1) is 0 Å². The average molecular weight is 827 g/mol. The molecule has 7 rings (SSSR count). The topological polar surface area (TPSA) is 96.0 Å². The van der Waals surface area contributed by atoms with Crippen LogP contribution in [0.3, 0.4) is 0 Å². The maximum atomic E-state index is 11.9. The summed E-state index contributed by atoms with van der Waals surface area (Å²) in [6, 6.07) is 38.9. The lowest BCUT2D eigenvalue weighted by atomic mass is 9.92. The van der Waals surface area contributed by atoms with Gasteiger partial charge < -0.3 is 14.2 Å². The molecule has 0 spiro atoms. The molecule has 62 heavy (non-hydrogen) atoms. The number of aryl methyl sites for hydroxylation is 5. The molecule has 0 N–H and O–H groups in total. The van der Waals surface area contributed by atoms with Gasteiger partial charge in [0.15, 0.2) is 5.78 Å². The maximum absolute atomic E-state index is 11.9. The van der Waals surface area contributed by atoms with Crippen LogP contribution in [-0.4, -0.2) is 36.9 Å². The molecule has 1 aliphatic carbocycles. The van der Waals surface area contributed by atoms with Gasteiger partial charge in [0.05, 0.1) is 7.11 Å². The van der Waals surface area contributed by atoms with Gasteiger partial charge in [-0.2, -0.15) is 0 Å². The maximum Gasteiger partial charge on any atom is 0.336 e. The van der Waals surface area contributed by atoms with Crippen molar-refractivity contribution in [1.82, 2.24) is 0 Å². The molecule has 0 amide bonds. The van der Waals surface area contributed by atoms with E-state index >= 15 is 0 Å². The van der Waals surface area contributed by atoms with E-state index in [-0.39, 0.29) is 35.7 Å². The number of methoxy groups -OCH3 is 1. The molecular weight excluding hydrogens is 773 g/mol. The smallest absolute Gasteiger partial charge is 0.336 e. The summed E-state index contributed by atoms with van der Waals surface area (Å²) in [5.41, 5.74) is 10.8. The third-order valence-electron chi connectivity index (χ3n) is 9.35. The summed E-state index contributed by atoms with van der Waals surface area (Å²) in [7, 11) is 1.36. The standard InChI is InChI=1S/C17H16O2.C17H16O.C11H12O2.C10H10O2/c1-13-3-7-15(8-4-13)9-12-17(18)19-16-10-5-14(2)6-11-16;1-13-3-7-15(8-4-13)9-12-17(18)16-10-5-14(2)6-11-16;1-9-3-5-10(6-4-9)7-8-11(12)13-2;1-7-2-3-8-4-5-10(11)12-9(8)6-7/h3-12H,1-2H3;3-12H,1-2H3;3-8H,1-2H3;2-6,8-9H,1H3/b2*12-9+;8-7+;. The van der Waals surface area contributed by atoms with Gasteiger partial charge in [0.25, 0.3) is 0 Å². The molecule has 1 aliphatic heterocycles. The van der Waals surface area contributed by atoms with Crippen molar-refractivity contribution in [3.8, 4) is 5.75 Å². The quantitative estimate of drug-likeness (QED) is 0.0665. The first-order valence-corrected chi connectivity index (χ1v) is 20.2. The van der Waals surface area contributed by atoms with Gasteiger partial charge in [0.2, 0.25) is 0 Å².